The summed E-state index contributed by atoms with van der Waals surface area (Å²) < 4.78 is 7.51. The van der Waals surface area contributed by atoms with Gasteiger partial charge in [0.15, 0.2) is 0 Å². The monoisotopic (exact) mass is 397 g/mol. The third-order valence-corrected chi connectivity index (χ3v) is 4.94. The van der Waals surface area contributed by atoms with Crippen LogP contribution in [0, 0.1) is 6.92 Å². The Morgan fingerprint density at radius 2 is 2.00 bits per heavy atom. The second-order valence-electron chi connectivity index (χ2n) is 6.86. The zero-order valence-corrected chi connectivity index (χ0v) is 16.2. The van der Waals surface area contributed by atoms with Gasteiger partial charge < -0.3 is 19.0 Å². The van der Waals surface area contributed by atoms with Gasteiger partial charge in [0.1, 0.15) is 17.0 Å². The lowest BCUT2D eigenvalue weighted by atomic mass is 10.2. The zero-order chi connectivity index (χ0) is 18.4. The molecule has 0 atom stereocenters. The van der Waals surface area contributed by atoms with E-state index in [1.54, 1.807) is 6.20 Å². The number of halogens is 1. The summed E-state index contributed by atoms with van der Waals surface area (Å²) in [6.45, 7) is 5.65. The maximum Gasteiger partial charge on any atom is 0.345 e. The normalized spacial score (nSPS) is 14.4. The van der Waals surface area contributed by atoms with Crippen LogP contribution in [-0.2, 0) is 0 Å². The predicted octanol–water partition coefficient (Wildman–Crippen LogP) is 2.64. The summed E-state index contributed by atoms with van der Waals surface area (Å²) in [6.07, 6.45) is 5.54. The summed E-state index contributed by atoms with van der Waals surface area (Å²) in [7, 11) is 0. The number of rotatable bonds is 2. The molecule has 8 heteroatoms. The largest absolute Gasteiger partial charge is 0.422 e. The standard InChI is InChI=1S/C20H19N5O2.ClH/c1-13-2-5-25-12-16(23-19(25)8-13)15-9-14-11-22-18(10-17(14)27-20(15)26)24-6-3-21-4-7-24;/h2,5,8-12,21H,3-4,6-7H2,1H3;1H. The van der Waals surface area contributed by atoms with Crippen molar-refractivity contribution in [1.29, 1.82) is 0 Å². The first-order valence-corrected chi connectivity index (χ1v) is 9.03. The molecule has 1 aliphatic rings. The zero-order valence-electron chi connectivity index (χ0n) is 15.4. The number of aromatic nitrogens is 3. The third kappa shape index (κ3) is 3.23. The number of hydrogen-bond acceptors (Lipinski definition) is 6. The van der Waals surface area contributed by atoms with Crippen LogP contribution in [0.25, 0.3) is 27.9 Å². The second kappa shape index (κ2) is 7.26. The van der Waals surface area contributed by atoms with E-state index >= 15 is 0 Å². The molecule has 28 heavy (non-hydrogen) atoms. The summed E-state index contributed by atoms with van der Waals surface area (Å²) in [5, 5.41) is 4.11. The first kappa shape index (κ1) is 18.5. The van der Waals surface area contributed by atoms with Crippen LogP contribution >= 0.6 is 12.4 Å². The van der Waals surface area contributed by atoms with Crippen molar-refractivity contribution >= 4 is 34.8 Å². The van der Waals surface area contributed by atoms with Gasteiger partial charge in [-0.05, 0) is 30.7 Å². The Hall–Kier alpha value is -2.90. The molecule has 7 nitrogen and oxygen atoms in total. The minimum atomic E-state index is -0.389. The molecule has 0 bridgehead atoms. The Morgan fingerprint density at radius 3 is 2.82 bits per heavy atom. The minimum absolute atomic E-state index is 0. The van der Waals surface area contributed by atoms with Crippen molar-refractivity contribution in [3.8, 4) is 11.3 Å². The average molecular weight is 398 g/mol. The summed E-state index contributed by atoms with van der Waals surface area (Å²) in [5.74, 6) is 0.836. The smallest absolute Gasteiger partial charge is 0.345 e. The molecule has 0 aliphatic carbocycles. The van der Waals surface area contributed by atoms with Gasteiger partial charge in [-0.3, -0.25) is 0 Å². The van der Waals surface area contributed by atoms with Crippen LogP contribution in [0.4, 0.5) is 5.82 Å². The van der Waals surface area contributed by atoms with Crippen LogP contribution in [-0.4, -0.2) is 40.5 Å². The predicted molar refractivity (Wildman–Crippen MR) is 112 cm³/mol. The lowest BCUT2D eigenvalue weighted by Gasteiger charge is -2.28. The number of pyridine rings is 2. The summed E-state index contributed by atoms with van der Waals surface area (Å²) in [6, 6.07) is 7.64. The topological polar surface area (TPSA) is 75.7 Å². The minimum Gasteiger partial charge on any atom is -0.422 e. The Morgan fingerprint density at radius 1 is 1.18 bits per heavy atom. The number of piperazine rings is 1. The number of nitrogens with zero attached hydrogens (tertiary/aromatic N) is 4. The van der Waals surface area contributed by atoms with Gasteiger partial charge in [-0.1, -0.05) is 0 Å². The number of hydrogen-bond donors (Lipinski definition) is 1. The molecule has 1 fully saturated rings. The first-order valence-electron chi connectivity index (χ1n) is 9.03. The molecule has 5 rings (SSSR count). The highest BCUT2D eigenvalue weighted by Crippen LogP contribution is 2.23. The number of fused-ring (bicyclic) bond motifs is 2. The molecular weight excluding hydrogens is 378 g/mol. The van der Waals surface area contributed by atoms with Gasteiger partial charge in [0, 0.05) is 56.2 Å². The molecule has 1 aliphatic heterocycles. The molecule has 0 radical (unpaired) electrons. The molecular formula is C20H20ClN5O2. The van der Waals surface area contributed by atoms with E-state index < -0.39 is 0 Å². The lowest BCUT2D eigenvalue weighted by molar-refractivity contribution is 0.560. The van der Waals surface area contributed by atoms with Gasteiger partial charge in [-0.2, -0.15) is 0 Å². The van der Waals surface area contributed by atoms with Crippen molar-refractivity contribution in [1.82, 2.24) is 19.7 Å². The lowest BCUT2D eigenvalue weighted by Crippen LogP contribution is -2.43. The van der Waals surface area contributed by atoms with Gasteiger partial charge in [-0.15, -0.1) is 12.4 Å². The van der Waals surface area contributed by atoms with Crippen LogP contribution in [0.1, 0.15) is 5.56 Å². The SMILES string of the molecule is Cc1ccn2cc(-c3cc4cnc(N5CCNCC5)cc4oc3=O)nc2c1.Cl. The van der Waals surface area contributed by atoms with Gasteiger partial charge in [-0.25, -0.2) is 14.8 Å². The summed E-state index contributed by atoms with van der Waals surface area (Å²) in [5.41, 5.74) is 3.13. The molecule has 4 aromatic rings. The van der Waals surface area contributed by atoms with Crippen LogP contribution in [0.2, 0.25) is 0 Å². The highest BCUT2D eigenvalue weighted by atomic mass is 35.5. The van der Waals surface area contributed by atoms with Crippen molar-refractivity contribution in [2.24, 2.45) is 0 Å². The number of imidazole rings is 1. The molecule has 0 saturated carbocycles. The van der Waals surface area contributed by atoms with Crippen molar-refractivity contribution < 1.29 is 4.42 Å². The number of aryl methyl sites for hydroxylation is 1. The van der Waals surface area contributed by atoms with Crippen molar-refractivity contribution in [2.45, 2.75) is 6.92 Å². The van der Waals surface area contributed by atoms with Gasteiger partial charge in [0.05, 0.1) is 11.3 Å². The molecule has 0 amide bonds. The third-order valence-electron chi connectivity index (χ3n) is 4.94. The summed E-state index contributed by atoms with van der Waals surface area (Å²) in [4.78, 5) is 23.9. The van der Waals surface area contributed by atoms with Gasteiger partial charge in [0.2, 0.25) is 0 Å². The molecule has 144 valence electrons. The number of nitrogens with one attached hydrogen (secondary N) is 1. The highest BCUT2D eigenvalue weighted by molar-refractivity contribution is 5.85. The van der Waals surface area contributed by atoms with Crippen LogP contribution in [0.15, 0.2) is 52.1 Å². The van der Waals surface area contributed by atoms with Gasteiger partial charge >= 0.3 is 5.63 Å². The highest BCUT2D eigenvalue weighted by Gasteiger charge is 2.15. The van der Waals surface area contributed by atoms with E-state index in [9.17, 15) is 4.79 Å². The molecule has 4 aromatic heterocycles. The molecule has 0 unspecified atom stereocenters. The average Bonchev–Trinajstić information content (AvgIpc) is 3.10. The van der Waals surface area contributed by atoms with Crippen LogP contribution < -0.4 is 15.8 Å². The van der Waals surface area contributed by atoms with E-state index in [1.807, 2.05) is 48.0 Å². The Bertz CT molecular complexity index is 1210. The van der Waals surface area contributed by atoms with Crippen LogP contribution in [0.3, 0.4) is 0 Å². The van der Waals surface area contributed by atoms with E-state index in [0.717, 1.165) is 48.6 Å². The van der Waals surface area contributed by atoms with Crippen LogP contribution in [0.5, 0.6) is 0 Å². The molecule has 1 saturated heterocycles. The first-order chi connectivity index (χ1) is 13.2. The maximum absolute atomic E-state index is 12.6. The van der Waals surface area contributed by atoms with E-state index in [4.69, 9.17) is 4.42 Å². The van der Waals surface area contributed by atoms with Gasteiger partial charge in [0.25, 0.3) is 0 Å². The van der Waals surface area contributed by atoms with E-state index in [2.05, 4.69) is 20.2 Å². The molecule has 1 N–H and O–H groups in total. The fourth-order valence-electron chi connectivity index (χ4n) is 3.46. The Balaban J connectivity index is 0.00000192. The van der Waals surface area contributed by atoms with E-state index in [-0.39, 0.29) is 18.0 Å². The van der Waals surface area contributed by atoms with Crippen molar-refractivity contribution in [3.63, 3.8) is 0 Å². The Labute approximate surface area is 167 Å². The quantitative estimate of drug-likeness (QED) is 0.560. The van der Waals surface area contributed by atoms with E-state index in [0.29, 0.717) is 16.8 Å². The Kier molecular flexibility index (Phi) is 4.78. The van der Waals surface area contributed by atoms with E-state index in [1.165, 1.54) is 0 Å². The fraction of sp³-hybridized carbons (Fsp3) is 0.250. The molecule has 0 spiro atoms. The molecule has 5 heterocycles. The fourth-order valence-corrected chi connectivity index (χ4v) is 3.46. The molecule has 0 aromatic carbocycles. The number of anilines is 1. The summed E-state index contributed by atoms with van der Waals surface area (Å²) >= 11 is 0. The van der Waals surface area contributed by atoms with Crippen molar-refractivity contribution in [2.75, 3.05) is 31.1 Å². The second-order valence-corrected chi connectivity index (χ2v) is 6.86. The van der Waals surface area contributed by atoms with Crippen molar-refractivity contribution in [3.05, 3.63) is 58.8 Å². The maximum atomic E-state index is 12.6.